The molecular formula is C14H29NO4S2. The summed E-state index contributed by atoms with van der Waals surface area (Å²) < 4.78 is 35.4. The summed E-state index contributed by atoms with van der Waals surface area (Å²) in [4.78, 5) is 0. The molecule has 0 atom stereocenters. The molecule has 1 aliphatic rings. The molecule has 5 nitrogen and oxygen atoms in total. The van der Waals surface area contributed by atoms with Gasteiger partial charge in [0.05, 0.1) is 6.10 Å². The lowest BCUT2D eigenvalue weighted by Crippen LogP contribution is -2.20. The Hall–Kier alpha value is 0.180. The van der Waals surface area contributed by atoms with Gasteiger partial charge in [-0.15, -0.1) is 0 Å². The molecule has 1 rings (SSSR count). The molecular weight excluding hydrogens is 310 g/mol. The summed E-state index contributed by atoms with van der Waals surface area (Å²) in [5.41, 5.74) is 0. The first-order valence-electron chi connectivity index (χ1n) is 8.02. The first-order valence-corrected chi connectivity index (χ1v) is 11.0. The van der Waals surface area contributed by atoms with Crippen molar-refractivity contribution in [2.75, 3.05) is 25.4 Å². The zero-order chi connectivity index (χ0) is 15.4. The molecule has 0 saturated heterocycles. The topological polar surface area (TPSA) is 75.6 Å². The summed E-state index contributed by atoms with van der Waals surface area (Å²) in [6, 6.07) is 0. The molecule has 0 aromatic heterocycles. The maximum absolute atomic E-state index is 10.5. The number of rotatable bonds is 10. The summed E-state index contributed by atoms with van der Waals surface area (Å²) >= 11 is 0. The van der Waals surface area contributed by atoms with E-state index in [1.165, 1.54) is 44.9 Å². The average molecular weight is 340 g/mol. The van der Waals surface area contributed by atoms with Gasteiger partial charge in [0.2, 0.25) is 0 Å². The zero-order valence-electron chi connectivity index (χ0n) is 12.8. The van der Waals surface area contributed by atoms with Gasteiger partial charge in [-0.05, 0) is 43.0 Å². The van der Waals surface area contributed by atoms with Gasteiger partial charge in [0, 0.05) is 18.9 Å². The molecule has 21 heavy (non-hydrogen) atoms. The van der Waals surface area contributed by atoms with Crippen molar-refractivity contribution >= 4 is 19.9 Å². The Morgan fingerprint density at radius 2 is 1.71 bits per heavy atom. The van der Waals surface area contributed by atoms with Crippen molar-refractivity contribution < 1.29 is 17.7 Å². The fraction of sp³-hybridized carbons (Fsp3) is 1.00. The molecule has 1 aliphatic carbocycles. The van der Waals surface area contributed by atoms with Crippen LogP contribution in [0.25, 0.3) is 0 Å². The van der Waals surface area contributed by atoms with Gasteiger partial charge in [0.15, 0.2) is 0 Å². The largest absolute Gasteiger partial charge is 0.378 e. The number of hydrogen-bond donors (Lipinski definition) is 2. The van der Waals surface area contributed by atoms with Gasteiger partial charge >= 0.3 is 9.15 Å². The molecule has 1 fully saturated rings. The first-order chi connectivity index (χ1) is 10.1. The highest BCUT2D eigenvalue weighted by molar-refractivity contribution is 8.69. The van der Waals surface area contributed by atoms with E-state index in [0.29, 0.717) is 29.2 Å². The molecule has 0 aromatic rings. The Balaban J connectivity index is 1.87. The highest BCUT2D eigenvalue weighted by atomic mass is 33.1. The molecule has 0 heterocycles. The molecule has 2 N–H and O–H groups in total. The monoisotopic (exact) mass is 339 g/mol. The van der Waals surface area contributed by atoms with Crippen LogP contribution in [0.2, 0.25) is 0 Å². The molecule has 0 unspecified atom stereocenters. The predicted octanol–water partition coefficient (Wildman–Crippen LogP) is 3.02. The van der Waals surface area contributed by atoms with Crippen LogP contribution in [-0.2, 0) is 13.9 Å². The summed E-state index contributed by atoms with van der Waals surface area (Å²) in [6.07, 6.45) is 11.7. The number of unbranched alkanes of at least 4 members (excludes halogenated alkanes) is 1. The minimum atomic E-state index is -3.89. The third kappa shape index (κ3) is 12.4. The number of ether oxygens (including phenoxy) is 1. The van der Waals surface area contributed by atoms with Crippen molar-refractivity contribution in [2.24, 2.45) is 0 Å². The quantitative estimate of drug-likeness (QED) is 0.362. The van der Waals surface area contributed by atoms with Crippen LogP contribution >= 0.6 is 10.8 Å². The van der Waals surface area contributed by atoms with Crippen molar-refractivity contribution in [3.63, 3.8) is 0 Å². The smallest absolute Gasteiger partial charge is 0.319 e. The summed E-state index contributed by atoms with van der Waals surface area (Å²) in [7, 11) is -3.32. The van der Waals surface area contributed by atoms with Crippen LogP contribution in [0.1, 0.15) is 57.8 Å². The first kappa shape index (κ1) is 19.2. The van der Waals surface area contributed by atoms with E-state index >= 15 is 0 Å². The zero-order valence-corrected chi connectivity index (χ0v) is 14.4. The Kier molecular flexibility index (Phi) is 10.7. The summed E-state index contributed by atoms with van der Waals surface area (Å²) in [6.45, 7) is 2.28. The minimum absolute atomic E-state index is 0.372. The van der Waals surface area contributed by atoms with E-state index in [4.69, 9.17) is 9.29 Å². The van der Waals surface area contributed by atoms with Crippen LogP contribution in [-0.4, -0.2) is 44.5 Å². The molecule has 7 heteroatoms. The van der Waals surface area contributed by atoms with Crippen molar-refractivity contribution in [1.82, 2.24) is 5.32 Å². The van der Waals surface area contributed by atoms with E-state index in [9.17, 15) is 8.42 Å². The van der Waals surface area contributed by atoms with Gasteiger partial charge in [0.1, 0.15) is 0 Å². The molecule has 0 radical (unpaired) electrons. The second kappa shape index (κ2) is 11.7. The SMILES string of the molecule is O=S(=O)(O)SCCNCCCCOC1CCCCCCC1. The molecule has 0 bridgehead atoms. The van der Waals surface area contributed by atoms with E-state index in [1.54, 1.807) is 0 Å². The van der Waals surface area contributed by atoms with E-state index in [2.05, 4.69) is 5.32 Å². The molecule has 0 aliphatic heterocycles. The Bertz CT molecular complexity index is 341. The number of nitrogens with one attached hydrogen (secondary N) is 1. The highest BCUT2D eigenvalue weighted by Crippen LogP contribution is 2.19. The molecule has 0 amide bonds. The van der Waals surface area contributed by atoms with Gasteiger partial charge in [0.25, 0.3) is 0 Å². The third-order valence-corrected chi connectivity index (χ3v) is 5.73. The van der Waals surface area contributed by atoms with E-state index < -0.39 is 9.15 Å². The lowest BCUT2D eigenvalue weighted by atomic mass is 9.98. The van der Waals surface area contributed by atoms with Crippen LogP contribution in [0, 0.1) is 0 Å². The fourth-order valence-electron chi connectivity index (χ4n) is 2.53. The van der Waals surface area contributed by atoms with Crippen molar-refractivity contribution in [2.45, 2.75) is 63.9 Å². The van der Waals surface area contributed by atoms with Gasteiger partial charge in [-0.1, -0.05) is 32.1 Å². The normalized spacial score (nSPS) is 18.3. The summed E-state index contributed by atoms with van der Waals surface area (Å²) in [5.74, 6) is 0.372. The lowest BCUT2D eigenvalue weighted by molar-refractivity contribution is 0.0335. The van der Waals surface area contributed by atoms with E-state index in [-0.39, 0.29) is 0 Å². The predicted molar refractivity (Wildman–Crippen MR) is 88.2 cm³/mol. The van der Waals surface area contributed by atoms with E-state index in [0.717, 1.165) is 26.0 Å². The lowest BCUT2D eigenvalue weighted by Gasteiger charge is -2.20. The van der Waals surface area contributed by atoms with Gasteiger partial charge in [-0.2, -0.15) is 8.42 Å². The summed E-state index contributed by atoms with van der Waals surface area (Å²) in [5, 5.41) is 3.16. The maximum atomic E-state index is 10.5. The van der Waals surface area contributed by atoms with Gasteiger partial charge in [-0.3, -0.25) is 4.55 Å². The van der Waals surface area contributed by atoms with Crippen LogP contribution in [0.5, 0.6) is 0 Å². The second-order valence-electron chi connectivity index (χ2n) is 5.54. The molecule has 0 aromatic carbocycles. The molecule has 0 spiro atoms. The maximum Gasteiger partial charge on any atom is 0.319 e. The van der Waals surface area contributed by atoms with Gasteiger partial charge in [-0.25, -0.2) is 0 Å². The standard InChI is InChI=1S/C14H29NO4S2/c16-21(17,18)20-13-11-15-10-6-7-12-19-14-8-4-2-1-3-5-9-14/h14-15H,1-13H2,(H,16,17,18). The van der Waals surface area contributed by atoms with Crippen LogP contribution in [0.3, 0.4) is 0 Å². The van der Waals surface area contributed by atoms with Crippen LogP contribution < -0.4 is 5.32 Å². The van der Waals surface area contributed by atoms with Gasteiger partial charge < -0.3 is 10.1 Å². The van der Waals surface area contributed by atoms with Crippen LogP contribution in [0.4, 0.5) is 0 Å². The number of hydrogen-bond acceptors (Lipinski definition) is 5. The van der Waals surface area contributed by atoms with Crippen molar-refractivity contribution in [3.05, 3.63) is 0 Å². The highest BCUT2D eigenvalue weighted by Gasteiger charge is 2.11. The third-order valence-electron chi connectivity index (χ3n) is 3.66. The Morgan fingerprint density at radius 3 is 2.38 bits per heavy atom. The average Bonchev–Trinajstić information content (AvgIpc) is 2.37. The Labute approximate surface area is 132 Å². The second-order valence-corrected chi connectivity index (χ2v) is 9.01. The minimum Gasteiger partial charge on any atom is -0.378 e. The van der Waals surface area contributed by atoms with Crippen LogP contribution in [0.15, 0.2) is 0 Å². The van der Waals surface area contributed by atoms with Crippen molar-refractivity contribution in [1.29, 1.82) is 0 Å². The Morgan fingerprint density at radius 1 is 1.05 bits per heavy atom. The fourth-order valence-corrected chi connectivity index (χ4v) is 3.85. The van der Waals surface area contributed by atoms with E-state index in [1.807, 2.05) is 0 Å². The molecule has 1 saturated carbocycles. The molecule has 126 valence electrons. The van der Waals surface area contributed by atoms with Crippen molar-refractivity contribution in [3.8, 4) is 0 Å².